The Morgan fingerprint density at radius 2 is 1.56 bits per heavy atom. The van der Waals surface area contributed by atoms with Crippen LogP contribution in [0.4, 0.5) is 0 Å². The van der Waals surface area contributed by atoms with E-state index in [1.165, 1.54) is 39.0 Å². The molecule has 32 heavy (non-hydrogen) atoms. The Hall–Kier alpha value is -1.84. The van der Waals surface area contributed by atoms with E-state index < -0.39 is 0 Å². The molecular weight excluding hydrogens is 400 g/mol. The van der Waals surface area contributed by atoms with Gasteiger partial charge in [0.05, 0.1) is 5.56 Å². The van der Waals surface area contributed by atoms with Gasteiger partial charge in [-0.25, -0.2) is 4.79 Å². The lowest BCUT2D eigenvalue weighted by Gasteiger charge is -2.60. The van der Waals surface area contributed by atoms with Crippen LogP contribution in [0.1, 0.15) is 88.9 Å². The fraction of sp³-hybridized carbons (Fsp3) is 0.714. The van der Waals surface area contributed by atoms with Gasteiger partial charge in [-0.15, -0.1) is 0 Å². The molecule has 174 valence electrons. The van der Waals surface area contributed by atoms with Gasteiger partial charge in [-0.2, -0.15) is 0 Å². The highest BCUT2D eigenvalue weighted by atomic mass is 16.5. The van der Waals surface area contributed by atoms with Gasteiger partial charge in [0.15, 0.2) is 0 Å². The van der Waals surface area contributed by atoms with Gasteiger partial charge in [0, 0.05) is 12.3 Å². The first-order chi connectivity index (χ1) is 15.3. The van der Waals surface area contributed by atoms with Crippen molar-refractivity contribution in [3.05, 3.63) is 35.9 Å². The Labute approximate surface area is 192 Å². The fourth-order valence-corrected chi connectivity index (χ4v) is 8.48. The molecule has 4 fully saturated rings. The number of hydrogen-bond acceptors (Lipinski definition) is 4. The first kappa shape index (κ1) is 22.0. The number of benzene rings is 1. The zero-order chi connectivity index (χ0) is 22.5. The second kappa shape index (κ2) is 8.18. The SMILES string of the molecule is CC(=O)O[C@H]1CC[C@@]2(C)[C@@H](CC[C@@H]3[C@@H]2CC[C@]2(C)[C@H](OC(=O)c4ccccc4)CC[C@@H]32)C1. The number of esters is 2. The van der Waals surface area contributed by atoms with Gasteiger partial charge in [-0.05, 0) is 99.0 Å². The monoisotopic (exact) mass is 438 g/mol. The maximum atomic E-state index is 12.8. The minimum atomic E-state index is -0.168. The van der Waals surface area contributed by atoms with E-state index in [1.54, 1.807) is 0 Å². The largest absolute Gasteiger partial charge is 0.463 e. The molecule has 0 bridgehead atoms. The van der Waals surface area contributed by atoms with Gasteiger partial charge in [-0.1, -0.05) is 32.0 Å². The van der Waals surface area contributed by atoms with Crippen molar-refractivity contribution in [2.45, 2.75) is 90.8 Å². The number of rotatable bonds is 3. The lowest BCUT2D eigenvalue weighted by atomic mass is 9.45. The van der Waals surface area contributed by atoms with Crippen LogP contribution in [0.5, 0.6) is 0 Å². The number of ether oxygens (including phenoxy) is 2. The summed E-state index contributed by atoms with van der Waals surface area (Å²) in [4.78, 5) is 24.3. The number of carbonyl (C=O) groups is 2. The molecule has 5 rings (SSSR count). The van der Waals surface area contributed by atoms with Crippen molar-refractivity contribution in [1.29, 1.82) is 0 Å². The fourth-order valence-electron chi connectivity index (χ4n) is 8.48. The molecule has 0 heterocycles. The van der Waals surface area contributed by atoms with E-state index in [-0.39, 0.29) is 29.6 Å². The molecule has 4 saturated carbocycles. The summed E-state index contributed by atoms with van der Waals surface area (Å²) in [5.41, 5.74) is 1.12. The molecule has 0 aromatic heterocycles. The standard InChI is InChI=1S/C28H38O4/c1-18(29)31-21-13-15-27(2)20(17-21)9-10-22-23-11-12-25(28(23,3)16-14-24(22)27)32-26(30)19-7-5-4-6-8-19/h4-8,20-25H,9-17H2,1-3H3/t20-,21-,22-,23-,24-,25+,27-,28-/m0/s1. The van der Waals surface area contributed by atoms with Crippen molar-refractivity contribution in [1.82, 2.24) is 0 Å². The number of fused-ring (bicyclic) bond motifs is 5. The molecule has 0 radical (unpaired) electrons. The van der Waals surface area contributed by atoms with Crippen LogP contribution in [0.25, 0.3) is 0 Å². The molecule has 0 N–H and O–H groups in total. The summed E-state index contributed by atoms with van der Waals surface area (Å²) in [5.74, 6) is 2.50. The summed E-state index contributed by atoms with van der Waals surface area (Å²) in [7, 11) is 0. The third-order valence-corrected chi connectivity index (χ3v) is 10.1. The molecule has 0 saturated heterocycles. The van der Waals surface area contributed by atoms with Crippen LogP contribution in [0, 0.1) is 34.5 Å². The molecule has 0 amide bonds. The molecule has 0 unspecified atom stereocenters. The summed E-state index contributed by atoms with van der Waals surface area (Å²) >= 11 is 0. The molecule has 4 aliphatic rings. The van der Waals surface area contributed by atoms with Gasteiger partial charge in [0.1, 0.15) is 12.2 Å². The van der Waals surface area contributed by atoms with Crippen LogP contribution in [0.2, 0.25) is 0 Å². The highest BCUT2D eigenvalue weighted by Gasteiger charge is 2.61. The Kier molecular flexibility index (Phi) is 5.62. The molecule has 0 spiro atoms. The Morgan fingerprint density at radius 1 is 0.844 bits per heavy atom. The van der Waals surface area contributed by atoms with Gasteiger partial charge in [-0.3, -0.25) is 4.79 Å². The maximum Gasteiger partial charge on any atom is 0.338 e. The number of hydrogen-bond donors (Lipinski definition) is 0. The molecule has 4 aliphatic carbocycles. The Bertz CT molecular complexity index is 865. The number of carbonyl (C=O) groups excluding carboxylic acids is 2. The van der Waals surface area contributed by atoms with Crippen molar-refractivity contribution >= 4 is 11.9 Å². The first-order valence-electron chi connectivity index (χ1n) is 12.7. The van der Waals surface area contributed by atoms with Crippen molar-refractivity contribution in [2.75, 3.05) is 0 Å². The highest BCUT2D eigenvalue weighted by molar-refractivity contribution is 5.89. The van der Waals surface area contributed by atoms with Crippen LogP contribution in [0.15, 0.2) is 30.3 Å². The third-order valence-electron chi connectivity index (χ3n) is 10.1. The second-order valence-electron chi connectivity index (χ2n) is 11.5. The van der Waals surface area contributed by atoms with Crippen molar-refractivity contribution in [3.8, 4) is 0 Å². The lowest BCUT2D eigenvalue weighted by molar-refractivity contribution is -0.161. The van der Waals surface area contributed by atoms with Crippen LogP contribution in [-0.4, -0.2) is 24.1 Å². The molecule has 0 aliphatic heterocycles. The molecule has 8 atom stereocenters. The molecular formula is C28H38O4. The van der Waals surface area contributed by atoms with E-state index in [4.69, 9.17) is 9.47 Å². The molecule has 1 aromatic carbocycles. The van der Waals surface area contributed by atoms with E-state index in [9.17, 15) is 9.59 Å². The lowest BCUT2D eigenvalue weighted by Crippen LogP contribution is -2.54. The minimum absolute atomic E-state index is 0.0337. The van der Waals surface area contributed by atoms with Crippen LogP contribution in [0.3, 0.4) is 0 Å². The Morgan fingerprint density at radius 3 is 2.31 bits per heavy atom. The average molecular weight is 439 g/mol. The average Bonchev–Trinajstić information content (AvgIpc) is 3.10. The van der Waals surface area contributed by atoms with E-state index >= 15 is 0 Å². The summed E-state index contributed by atoms with van der Waals surface area (Å²) < 4.78 is 11.8. The van der Waals surface area contributed by atoms with E-state index in [1.807, 2.05) is 30.3 Å². The highest BCUT2D eigenvalue weighted by Crippen LogP contribution is 2.66. The van der Waals surface area contributed by atoms with Crippen molar-refractivity contribution in [3.63, 3.8) is 0 Å². The van der Waals surface area contributed by atoms with Crippen molar-refractivity contribution in [2.24, 2.45) is 34.5 Å². The summed E-state index contributed by atoms with van der Waals surface area (Å²) in [5, 5.41) is 0. The van der Waals surface area contributed by atoms with Crippen molar-refractivity contribution < 1.29 is 19.1 Å². The molecule has 1 aromatic rings. The van der Waals surface area contributed by atoms with Gasteiger partial charge < -0.3 is 9.47 Å². The zero-order valence-corrected chi connectivity index (χ0v) is 19.8. The topological polar surface area (TPSA) is 52.6 Å². The van der Waals surface area contributed by atoms with E-state index in [0.29, 0.717) is 22.8 Å². The van der Waals surface area contributed by atoms with E-state index in [2.05, 4.69) is 13.8 Å². The van der Waals surface area contributed by atoms with Gasteiger partial charge in [0.2, 0.25) is 0 Å². The van der Waals surface area contributed by atoms with Gasteiger partial charge in [0.25, 0.3) is 0 Å². The predicted molar refractivity (Wildman–Crippen MR) is 123 cm³/mol. The Balaban J connectivity index is 1.30. The summed E-state index contributed by atoms with van der Waals surface area (Å²) in [6.45, 7) is 6.46. The first-order valence-corrected chi connectivity index (χ1v) is 12.7. The summed E-state index contributed by atoms with van der Waals surface area (Å²) in [6, 6.07) is 9.43. The quantitative estimate of drug-likeness (QED) is 0.528. The second-order valence-corrected chi connectivity index (χ2v) is 11.5. The third kappa shape index (κ3) is 3.58. The molecule has 4 heteroatoms. The normalized spacial score (nSPS) is 42.8. The minimum Gasteiger partial charge on any atom is -0.463 e. The molecule has 4 nitrogen and oxygen atoms in total. The van der Waals surface area contributed by atoms with Gasteiger partial charge >= 0.3 is 11.9 Å². The van der Waals surface area contributed by atoms with Crippen LogP contribution in [-0.2, 0) is 14.3 Å². The maximum absolute atomic E-state index is 12.8. The predicted octanol–water partition coefficient (Wildman–Crippen LogP) is 6.19. The van der Waals surface area contributed by atoms with Crippen LogP contribution >= 0.6 is 0 Å². The van der Waals surface area contributed by atoms with Crippen LogP contribution < -0.4 is 0 Å². The summed E-state index contributed by atoms with van der Waals surface area (Å²) in [6.07, 6.45) is 10.5. The smallest absolute Gasteiger partial charge is 0.338 e. The van der Waals surface area contributed by atoms with E-state index in [0.717, 1.165) is 37.5 Å². The zero-order valence-electron chi connectivity index (χ0n) is 19.8.